The summed E-state index contributed by atoms with van der Waals surface area (Å²) in [7, 11) is 0. The van der Waals surface area contributed by atoms with E-state index in [1.54, 1.807) is 0 Å². The highest BCUT2D eigenvalue weighted by molar-refractivity contribution is 5.84. The highest BCUT2D eigenvalue weighted by atomic mass is 16.6. The van der Waals surface area contributed by atoms with Gasteiger partial charge >= 0.3 is 23.9 Å². The molecule has 0 unspecified atom stereocenters. The lowest BCUT2D eigenvalue weighted by atomic mass is 10.4. The van der Waals surface area contributed by atoms with Crippen LogP contribution >= 0.6 is 0 Å². The molecule has 96 valence electrons. The Morgan fingerprint density at radius 1 is 0.765 bits per heavy atom. The van der Waals surface area contributed by atoms with Gasteiger partial charge in [-0.25, -0.2) is 0 Å². The van der Waals surface area contributed by atoms with Crippen LogP contribution in [0.3, 0.4) is 0 Å². The Morgan fingerprint density at radius 2 is 1.12 bits per heavy atom. The molecule has 0 amide bonds. The van der Waals surface area contributed by atoms with Gasteiger partial charge in [0, 0.05) is 13.8 Å². The molecule has 0 N–H and O–H groups in total. The third kappa shape index (κ3) is 10.5. The number of ether oxygens (including phenoxy) is 3. The molecular weight excluding hydrogens is 232 g/mol. The van der Waals surface area contributed by atoms with Crippen molar-refractivity contribution in [2.75, 3.05) is 13.2 Å². The molecule has 17 heavy (non-hydrogen) atoms. The smallest absolute Gasteiger partial charge is 0.315 e. The summed E-state index contributed by atoms with van der Waals surface area (Å²) < 4.78 is 13.4. The van der Waals surface area contributed by atoms with Crippen LogP contribution in [-0.2, 0) is 33.4 Å². The minimum absolute atomic E-state index is 0.0272. The molecule has 0 saturated carbocycles. The molecule has 0 aromatic heterocycles. The van der Waals surface area contributed by atoms with E-state index < -0.39 is 23.9 Å². The zero-order chi connectivity index (χ0) is 13.3. The minimum atomic E-state index is -0.691. The van der Waals surface area contributed by atoms with Gasteiger partial charge in [-0.05, 0) is 0 Å². The van der Waals surface area contributed by atoms with Gasteiger partial charge in [0.05, 0.1) is 26.1 Å². The van der Waals surface area contributed by atoms with Gasteiger partial charge in [-0.2, -0.15) is 0 Å². The zero-order valence-corrected chi connectivity index (χ0v) is 9.69. The molecule has 0 fully saturated rings. The molecule has 0 atom stereocenters. The fourth-order valence-corrected chi connectivity index (χ4v) is 0.836. The fourth-order valence-electron chi connectivity index (χ4n) is 0.836. The van der Waals surface area contributed by atoms with E-state index in [0.29, 0.717) is 0 Å². The first-order valence-corrected chi connectivity index (χ1v) is 4.92. The van der Waals surface area contributed by atoms with Crippen molar-refractivity contribution in [1.82, 2.24) is 0 Å². The van der Waals surface area contributed by atoms with E-state index in [2.05, 4.69) is 9.47 Å². The lowest BCUT2D eigenvalue weighted by molar-refractivity contribution is -0.159. The Labute approximate surface area is 98.0 Å². The van der Waals surface area contributed by atoms with Crippen LogP contribution in [0.5, 0.6) is 0 Å². The van der Waals surface area contributed by atoms with Crippen molar-refractivity contribution in [2.45, 2.75) is 26.7 Å². The average Bonchev–Trinajstić information content (AvgIpc) is 2.14. The fraction of sp³-hybridized carbons (Fsp3) is 0.600. The molecular formula is C10H14O7. The summed E-state index contributed by atoms with van der Waals surface area (Å²) >= 11 is 0. The van der Waals surface area contributed by atoms with Gasteiger partial charge < -0.3 is 14.2 Å². The molecule has 0 aromatic carbocycles. The van der Waals surface area contributed by atoms with Crippen molar-refractivity contribution in [2.24, 2.45) is 0 Å². The van der Waals surface area contributed by atoms with Gasteiger partial charge in [0.25, 0.3) is 0 Å². The number of carbonyl (C=O) groups is 4. The third-order valence-electron chi connectivity index (χ3n) is 1.42. The van der Waals surface area contributed by atoms with E-state index in [9.17, 15) is 19.2 Å². The Morgan fingerprint density at radius 3 is 1.41 bits per heavy atom. The van der Waals surface area contributed by atoms with Crippen LogP contribution in [0.25, 0.3) is 0 Å². The lowest BCUT2D eigenvalue weighted by Gasteiger charge is -2.03. The Hall–Kier alpha value is -1.76. The Kier molecular flexibility index (Phi) is 7.53. The minimum Gasteiger partial charge on any atom is -0.393 e. The van der Waals surface area contributed by atoms with E-state index in [0.717, 1.165) is 13.8 Å². The van der Waals surface area contributed by atoms with E-state index >= 15 is 0 Å². The standard InChI is InChI=1S/C10H14O7/c1-7(11)16-9(13)3-5-15-6-4-10(14)17-8(2)12/h3-6H2,1-2H3. The largest absolute Gasteiger partial charge is 0.393 e. The molecule has 7 heteroatoms. The van der Waals surface area contributed by atoms with Crippen LogP contribution in [0.1, 0.15) is 26.7 Å². The monoisotopic (exact) mass is 246 g/mol. The molecule has 7 nitrogen and oxygen atoms in total. The predicted octanol–water partition coefficient (Wildman–Crippen LogP) is -0.0374. The number of carbonyl (C=O) groups excluding carboxylic acids is 4. The number of esters is 4. The topological polar surface area (TPSA) is 96.0 Å². The second-order valence-electron chi connectivity index (χ2n) is 3.04. The molecule has 0 aliphatic heterocycles. The van der Waals surface area contributed by atoms with Crippen molar-refractivity contribution in [3.05, 3.63) is 0 Å². The van der Waals surface area contributed by atoms with E-state index in [1.807, 2.05) is 0 Å². The van der Waals surface area contributed by atoms with Crippen molar-refractivity contribution in [3.8, 4) is 0 Å². The van der Waals surface area contributed by atoms with Crippen molar-refractivity contribution >= 4 is 23.9 Å². The maximum Gasteiger partial charge on any atom is 0.315 e. The number of hydrogen-bond donors (Lipinski definition) is 0. The van der Waals surface area contributed by atoms with E-state index in [-0.39, 0.29) is 26.1 Å². The summed E-state index contributed by atoms with van der Waals surface area (Å²) in [5, 5.41) is 0. The maximum atomic E-state index is 10.8. The summed E-state index contributed by atoms with van der Waals surface area (Å²) in [5.74, 6) is -2.74. The summed E-state index contributed by atoms with van der Waals surface area (Å²) in [6.45, 7) is 2.30. The van der Waals surface area contributed by atoms with Gasteiger partial charge in [0.15, 0.2) is 0 Å². The number of rotatable bonds is 6. The first kappa shape index (κ1) is 15.2. The van der Waals surface area contributed by atoms with Crippen LogP contribution in [0.4, 0.5) is 0 Å². The summed E-state index contributed by atoms with van der Waals surface area (Å²) in [5.41, 5.74) is 0. The summed E-state index contributed by atoms with van der Waals surface area (Å²) in [6.07, 6.45) is -0.164. The van der Waals surface area contributed by atoms with Crippen LogP contribution in [0, 0.1) is 0 Å². The van der Waals surface area contributed by atoms with Gasteiger partial charge in [-0.15, -0.1) is 0 Å². The summed E-state index contributed by atoms with van der Waals surface area (Å²) in [6, 6.07) is 0. The molecule has 0 saturated heterocycles. The van der Waals surface area contributed by atoms with Crippen LogP contribution < -0.4 is 0 Å². The zero-order valence-electron chi connectivity index (χ0n) is 9.69. The quantitative estimate of drug-likeness (QED) is 0.368. The van der Waals surface area contributed by atoms with Crippen molar-refractivity contribution in [1.29, 1.82) is 0 Å². The number of hydrogen-bond acceptors (Lipinski definition) is 7. The van der Waals surface area contributed by atoms with Crippen LogP contribution in [0.15, 0.2) is 0 Å². The normalized spacial score (nSPS) is 9.53. The van der Waals surface area contributed by atoms with Crippen LogP contribution in [0.2, 0.25) is 0 Å². The first-order chi connectivity index (χ1) is 7.91. The third-order valence-corrected chi connectivity index (χ3v) is 1.42. The molecule has 0 bridgehead atoms. The van der Waals surface area contributed by atoms with Crippen LogP contribution in [-0.4, -0.2) is 37.1 Å². The maximum absolute atomic E-state index is 10.8. The Bertz CT molecular complexity index is 278. The molecule has 0 rings (SSSR count). The molecule has 0 spiro atoms. The SMILES string of the molecule is CC(=O)OC(=O)CCOCCC(=O)OC(C)=O. The molecule has 0 aliphatic carbocycles. The molecule has 0 aliphatic rings. The lowest BCUT2D eigenvalue weighted by Crippen LogP contribution is -2.14. The van der Waals surface area contributed by atoms with Gasteiger partial charge in [0.2, 0.25) is 0 Å². The first-order valence-electron chi connectivity index (χ1n) is 4.92. The van der Waals surface area contributed by atoms with Crippen molar-refractivity contribution in [3.63, 3.8) is 0 Å². The predicted molar refractivity (Wildman–Crippen MR) is 53.6 cm³/mol. The van der Waals surface area contributed by atoms with Gasteiger partial charge in [0.1, 0.15) is 0 Å². The average molecular weight is 246 g/mol. The van der Waals surface area contributed by atoms with Gasteiger partial charge in [-0.1, -0.05) is 0 Å². The highest BCUT2D eigenvalue weighted by Crippen LogP contribution is 1.92. The second-order valence-corrected chi connectivity index (χ2v) is 3.04. The molecule has 0 radical (unpaired) electrons. The Balaban J connectivity index is 3.46. The van der Waals surface area contributed by atoms with E-state index in [4.69, 9.17) is 4.74 Å². The second kappa shape index (κ2) is 8.40. The highest BCUT2D eigenvalue weighted by Gasteiger charge is 2.08. The molecule has 0 heterocycles. The van der Waals surface area contributed by atoms with Gasteiger partial charge in [-0.3, -0.25) is 19.2 Å². The summed E-state index contributed by atoms with van der Waals surface area (Å²) in [4.78, 5) is 42.4. The van der Waals surface area contributed by atoms with Crippen molar-refractivity contribution < 1.29 is 33.4 Å². The molecule has 0 aromatic rings. The van der Waals surface area contributed by atoms with E-state index in [1.165, 1.54) is 0 Å².